The molecule has 0 amide bonds. The molecule has 0 radical (unpaired) electrons. The van der Waals surface area contributed by atoms with Crippen LogP contribution in [0.2, 0.25) is 0 Å². The average molecular weight is 309 g/mol. The third kappa shape index (κ3) is 3.43. The highest BCUT2D eigenvalue weighted by atomic mass is 32.1. The second kappa shape index (κ2) is 7.24. The zero-order valence-electron chi connectivity index (χ0n) is 12.4. The van der Waals surface area contributed by atoms with Crippen LogP contribution in [-0.4, -0.2) is 38.1 Å². The summed E-state index contributed by atoms with van der Waals surface area (Å²) < 4.78 is 16.0. The minimum Gasteiger partial charge on any atom is -0.496 e. The number of aromatic nitrogens is 2. The van der Waals surface area contributed by atoms with Crippen LogP contribution >= 0.6 is 11.3 Å². The summed E-state index contributed by atoms with van der Waals surface area (Å²) in [6, 6.07) is 3.64. The molecule has 0 unspecified atom stereocenters. The van der Waals surface area contributed by atoms with Gasteiger partial charge in [-0.05, 0) is 19.0 Å². The van der Waals surface area contributed by atoms with Crippen LogP contribution < -0.4 is 19.9 Å². The van der Waals surface area contributed by atoms with Gasteiger partial charge in [-0.2, -0.15) is 0 Å². The van der Waals surface area contributed by atoms with Gasteiger partial charge in [0, 0.05) is 12.5 Å². The van der Waals surface area contributed by atoms with Gasteiger partial charge in [0.15, 0.2) is 16.5 Å². The van der Waals surface area contributed by atoms with Crippen LogP contribution in [0.5, 0.6) is 17.2 Å². The van der Waals surface area contributed by atoms with Crippen molar-refractivity contribution in [3.63, 3.8) is 0 Å². The number of rotatable bonds is 7. The van der Waals surface area contributed by atoms with Crippen molar-refractivity contribution in [1.29, 1.82) is 0 Å². The van der Waals surface area contributed by atoms with Gasteiger partial charge >= 0.3 is 0 Å². The van der Waals surface area contributed by atoms with Gasteiger partial charge in [0.1, 0.15) is 10.8 Å². The van der Waals surface area contributed by atoms with Crippen LogP contribution in [0.1, 0.15) is 11.4 Å². The third-order valence-electron chi connectivity index (χ3n) is 3.00. The highest BCUT2D eigenvalue weighted by Gasteiger charge is 2.16. The highest BCUT2D eigenvalue weighted by molar-refractivity contribution is 7.14. The Bertz CT molecular complexity index is 601. The fraction of sp³-hybridized carbons (Fsp3) is 0.429. The van der Waals surface area contributed by atoms with Crippen molar-refractivity contribution in [2.45, 2.75) is 12.8 Å². The molecule has 0 atom stereocenters. The van der Waals surface area contributed by atoms with Crippen LogP contribution in [0.25, 0.3) is 10.6 Å². The highest BCUT2D eigenvalue weighted by Crippen LogP contribution is 2.40. The summed E-state index contributed by atoms with van der Waals surface area (Å²) in [6.07, 6.45) is 1.74. The van der Waals surface area contributed by atoms with E-state index < -0.39 is 0 Å². The lowest BCUT2D eigenvalue weighted by atomic mass is 10.2. The molecule has 0 aliphatic rings. The smallest absolute Gasteiger partial charge is 0.164 e. The number of aryl methyl sites for hydroxylation is 1. The first-order valence-electron chi connectivity index (χ1n) is 6.56. The predicted octanol–water partition coefficient (Wildman–Crippen LogP) is 2.12. The number of methoxy groups -OCH3 is 3. The molecule has 1 aromatic carbocycles. The van der Waals surface area contributed by atoms with Crippen molar-refractivity contribution in [2.24, 2.45) is 5.73 Å². The summed E-state index contributed by atoms with van der Waals surface area (Å²) >= 11 is 1.53. The molecule has 1 aromatic heterocycles. The van der Waals surface area contributed by atoms with E-state index in [1.54, 1.807) is 27.4 Å². The van der Waals surface area contributed by atoms with E-state index in [2.05, 4.69) is 10.2 Å². The molecular weight excluding hydrogens is 290 g/mol. The molecule has 0 aliphatic carbocycles. The maximum absolute atomic E-state index is 5.52. The Labute approximate surface area is 127 Å². The minimum atomic E-state index is 0.617. The Morgan fingerprint density at radius 3 is 2.29 bits per heavy atom. The molecule has 0 bridgehead atoms. The summed E-state index contributed by atoms with van der Waals surface area (Å²) in [5.74, 6) is 1.92. The maximum atomic E-state index is 5.52. The molecule has 114 valence electrons. The topological polar surface area (TPSA) is 79.5 Å². The lowest BCUT2D eigenvalue weighted by molar-refractivity contribution is 0.349. The molecule has 0 spiro atoms. The summed E-state index contributed by atoms with van der Waals surface area (Å²) in [5, 5.41) is 10.2. The van der Waals surface area contributed by atoms with Gasteiger partial charge in [0.2, 0.25) is 0 Å². The Balaban J connectivity index is 2.39. The van der Waals surface area contributed by atoms with Crippen molar-refractivity contribution in [2.75, 3.05) is 27.9 Å². The third-order valence-corrected chi connectivity index (χ3v) is 4.01. The number of benzene rings is 1. The normalized spacial score (nSPS) is 10.5. The van der Waals surface area contributed by atoms with Crippen molar-refractivity contribution in [1.82, 2.24) is 10.2 Å². The van der Waals surface area contributed by atoms with Crippen molar-refractivity contribution in [3.05, 3.63) is 17.1 Å². The largest absolute Gasteiger partial charge is 0.496 e. The molecule has 2 aromatic rings. The van der Waals surface area contributed by atoms with Gasteiger partial charge in [-0.1, -0.05) is 11.3 Å². The Hall–Kier alpha value is -1.86. The van der Waals surface area contributed by atoms with Crippen molar-refractivity contribution < 1.29 is 14.2 Å². The first kappa shape index (κ1) is 15.5. The van der Waals surface area contributed by atoms with E-state index in [1.807, 2.05) is 6.07 Å². The Morgan fingerprint density at radius 1 is 1.00 bits per heavy atom. The number of nitrogens with two attached hydrogens (primary N) is 1. The average Bonchev–Trinajstić information content (AvgIpc) is 3.00. The fourth-order valence-corrected chi connectivity index (χ4v) is 2.82. The second-order valence-corrected chi connectivity index (χ2v) is 5.36. The van der Waals surface area contributed by atoms with Crippen LogP contribution in [0, 0.1) is 0 Å². The lowest BCUT2D eigenvalue weighted by Crippen LogP contribution is -1.99. The molecule has 0 fully saturated rings. The quantitative estimate of drug-likeness (QED) is 0.844. The summed E-state index contributed by atoms with van der Waals surface area (Å²) in [7, 11) is 4.80. The van der Waals surface area contributed by atoms with Crippen LogP contribution in [-0.2, 0) is 6.42 Å². The first-order chi connectivity index (χ1) is 10.2. The van der Waals surface area contributed by atoms with Crippen LogP contribution in [0.3, 0.4) is 0 Å². The predicted molar refractivity (Wildman–Crippen MR) is 82.4 cm³/mol. The van der Waals surface area contributed by atoms with Crippen LogP contribution in [0.4, 0.5) is 0 Å². The molecule has 2 N–H and O–H groups in total. The molecule has 0 saturated carbocycles. The van der Waals surface area contributed by atoms with Crippen molar-refractivity contribution >= 4 is 11.3 Å². The van der Waals surface area contributed by atoms with Gasteiger partial charge in [-0.3, -0.25) is 0 Å². The standard InChI is InChI=1S/C14H19N3O3S/c1-18-10-8-12(20-3)11(19-2)7-9(10)14-17-16-13(21-14)5-4-6-15/h7-8H,4-6,15H2,1-3H3. The zero-order valence-corrected chi connectivity index (χ0v) is 13.2. The van der Waals surface area contributed by atoms with Gasteiger partial charge in [0.05, 0.1) is 26.9 Å². The minimum absolute atomic E-state index is 0.617. The molecule has 7 heteroatoms. The summed E-state index contributed by atoms with van der Waals surface area (Å²) in [6.45, 7) is 0.647. The van der Waals surface area contributed by atoms with Gasteiger partial charge in [-0.25, -0.2) is 0 Å². The first-order valence-corrected chi connectivity index (χ1v) is 7.38. The van der Waals surface area contributed by atoms with E-state index >= 15 is 0 Å². The monoisotopic (exact) mass is 309 g/mol. The number of nitrogens with zero attached hydrogens (tertiary/aromatic N) is 2. The number of hydrogen-bond acceptors (Lipinski definition) is 7. The van der Waals surface area contributed by atoms with Crippen molar-refractivity contribution in [3.8, 4) is 27.8 Å². The Kier molecular flexibility index (Phi) is 5.35. The summed E-state index contributed by atoms with van der Waals surface area (Å²) in [5.41, 5.74) is 6.36. The lowest BCUT2D eigenvalue weighted by Gasteiger charge is -2.12. The molecule has 0 aliphatic heterocycles. The zero-order chi connectivity index (χ0) is 15.2. The van der Waals surface area contributed by atoms with Gasteiger partial charge in [-0.15, -0.1) is 10.2 Å². The van der Waals surface area contributed by atoms with E-state index in [0.29, 0.717) is 23.8 Å². The molecule has 1 heterocycles. The molecular formula is C14H19N3O3S. The van der Waals surface area contributed by atoms with E-state index in [0.717, 1.165) is 28.4 Å². The van der Waals surface area contributed by atoms with E-state index in [1.165, 1.54) is 11.3 Å². The fourth-order valence-electron chi connectivity index (χ4n) is 1.91. The maximum Gasteiger partial charge on any atom is 0.164 e. The van der Waals surface area contributed by atoms with Gasteiger partial charge in [0.25, 0.3) is 0 Å². The van der Waals surface area contributed by atoms with Crippen LogP contribution in [0.15, 0.2) is 12.1 Å². The summed E-state index contributed by atoms with van der Waals surface area (Å²) in [4.78, 5) is 0. The molecule has 2 rings (SSSR count). The SMILES string of the molecule is COc1cc(OC)c(-c2nnc(CCCN)s2)cc1OC. The molecule has 21 heavy (non-hydrogen) atoms. The molecule has 6 nitrogen and oxygen atoms in total. The number of hydrogen-bond donors (Lipinski definition) is 1. The van der Waals surface area contributed by atoms with Gasteiger partial charge < -0.3 is 19.9 Å². The van der Waals surface area contributed by atoms with E-state index in [4.69, 9.17) is 19.9 Å². The second-order valence-electron chi connectivity index (χ2n) is 4.30. The van der Waals surface area contributed by atoms with E-state index in [9.17, 15) is 0 Å². The number of ether oxygens (including phenoxy) is 3. The molecule has 0 saturated heterocycles. The van der Waals surface area contributed by atoms with E-state index in [-0.39, 0.29) is 0 Å². The Morgan fingerprint density at radius 2 is 1.67 bits per heavy atom.